The Morgan fingerprint density at radius 3 is 1.27 bits per heavy atom. The van der Waals surface area contributed by atoms with Crippen molar-refractivity contribution in [2.24, 2.45) is 0 Å². The molecule has 0 N–H and O–H groups in total. The van der Waals surface area contributed by atoms with Gasteiger partial charge in [0, 0.05) is 0 Å². The van der Waals surface area contributed by atoms with Crippen molar-refractivity contribution in [3.63, 3.8) is 0 Å². The van der Waals surface area contributed by atoms with E-state index in [4.69, 9.17) is 9.78 Å². The zero-order valence-corrected chi connectivity index (χ0v) is 7.18. The highest BCUT2D eigenvalue weighted by molar-refractivity contribution is 4.46. The molecule has 2 nitrogen and oxygen atoms in total. The largest absolute Gasteiger partial charge is 0.237 e. The minimum Gasteiger partial charge on any atom is -0.237 e. The van der Waals surface area contributed by atoms with Crippen LogP contribution in [0.3, 0.4) is 0 Å². The Labute approximate surface area is 68.8 Å². The van der Waals surface area contributed by atoms with Crippen LogP contribution < -0.4 is 0 Å². The zero-order chi connectivity index (χ0) is 7.78. The molecule has 0 spiro atoms. The molecule has 0 bridgehead atoms. The number of hydrogen-bond acceptors (Lipinski definition) is 2. The third-order valence-corrected chi connectivity index (χ3v) is 2.04. The van der Waals surface area contributed by atoms with E-state index in [1.54, 1.807) is 0 Å². The number of rotatable bonds is 0. The average molecular weight is 158 g/mol. The monoisotopic (exact) mass is 158 g/mol. The summed E-state index contributed by atoms with van der Waals surface area (Å²) in [5, 5.41) is 0. The Hall–Kier alpha value is -0.0800. The molecule has 1 aliphatic rings. The van der Waals surface area contributed by atoms with Crippen LogP contribution in [0.5, 0.6) is 0 Å². The van der Waals surface area contributed by atoms with Gasteiger partial charge in [-0.1, -0.05) is 32.1 Å². The first-order chi connectivity index (χ1) is 5.50. The fourth-order valence-corrected chi connectivity index (χ4v) is 1.32. The Balaban J connectivity index is 2.02. The molecular formula is C9H18O2. The lowest BCUT2D eigenvalue weighted by atomic mass is 10.1. The first kappa shape index (κ1) is 9.01. The molecule has 0 saturated carbocycles. The van der Waals surface area contributed by atoms with Crippen LogP contribution in [-0.2, 0) is 9.78 Å². The zero-order valence-electron chi connectivity index (χ0n) is 7.18. The van der Waals surface area contributed by atoms with Crippen LogP contribution in [0, 0.1) is 0 Å². The molecule has 1 fully saturated rings. The maximum Gasteiger partial charge on any atom is 0.0822 e. The van der Waals surface area contributed by atoms with Crippen LogP contribution in [0.4, 0.5) is 0 Å². The Kier molecular flexibility index (Phi) is 5.42. The van der Waals surface area contributed by atoms with Gasteiger partial charge in [0.05, 0.1) is 13.2 Å². The molecule has 1 rings (SSSR count). The van der Waals surface area contributed by atoms with Crippen molar-refractivity contribution in [1.82, 2.24) is 0 Å². The molecule has 0 amide bonds. The lowest BCUT2D eigenvalue weighted by Gasteiger charge is -2.00. The minimum atomic E-state index is 0.778. The molecule has 66 valence electrons. The van der Waals surface area contributed by atoms with Crippen molar-refractivity contribution >= 4 is 0 Å². The summed E-state index contributed by atoms with van der Waals surface area (Å²) in [7, 11) is 0. The van der Waals surface area contributed by atoms with Gasteiger partial charge in [-0.2, -0.15) is 0 Å². The van der Waals surface area contributed by atoms with E-state index in [-0.39, 0.29) is 0 Å². The molecule has 1 saturated heterocycles. The van der Waals surface area contributed by atoms with Gasteiger partial charge in [-0.3, -0.25) is 0 Å². The summed E-state index contributed by atoms with van der Waals surface area (Å²) in [5.41, 5.74) is 0. The van der Waals surface area contributed by atoms with Gasteiger partial charge in [0.15, 0.2) is 0 Å². The van der Waals surface area contributed by atoms with E-state index in [2.05, 4.69) is 0 Å². The highest BCUT2D eigenvalue weighted by atomic mass is 17.2. The van der Waals surface area contributed by atoms with Crippen molar-refractivity contribution in [1.29, 1.82) is 0 Å². The van der Waals surface area contributed by atoms with Crippen LogP contribution in [0.15, 0.2) is 0 Å². The van der Waals surface area contributed by atoms with Crippen LogP contribution in [0.2, 0.25) is 0 Å². The minimum absolute atomic E-state index is 0.778. The number of hydrogen-bond donors (Lipinski definition) is 0. The molecule has 0 atom stereocenters. The first-order valence-corrected chi connectivity index (χ1v) is 4.74. The van der Waals surface area contributed by atoms with E-state index in [1.165, 1.54) is 32.1 Å². The smallest absolute Gasteiger partial charge is 0.0822 e. The molecular weight excluding hydrogens is 140 g/mol. The standard InChI is InChI=1S/C9H18O2/c1-2-4-6-8-10-11-9-7-5-3-1/h1-9H2. The van der Waals surface area contributed by atoms with Crippen LogP contribution in [0.25, 0.3) is 0 Å². The Morgan fingerprint density at radius 2 is 0.818 bits per heavy atom. The molecule has 1 heterocycles. The Bertz CT molecular complexity index is 45.6. The molecule has 0 unspecified atom stereocenters. The summed E-state index contributed by atoms with van der Waals surface area (Å²) in [4.78, 5) is 9.93. The lowest BCUT2D eigenvalue weighted by molar-refractivity contribution is -0.295. The summed E-state index contributed by atoms with van der Waals surface area (Å²) < 4.78 is 0. The second-order valence-corrected chi connectivity index (χ2v) is 3.12. The maximum atomic E-state index is 4.97. The molecule has 0 aliphatic carbocycles. The van der Waals surface area contributed by atoms with Crippen molar-refractivity contribution in [3.05, 3.63) is 0 Å². The quantitative estimate of drug-likeness (QED) is 0.505. The topological polar surface area (TPSA) is 18.5 Å². The molecule has 0 aromatic heterocycles. The molecule has 0 aromatic rings. The van der Waals surface area contributed by atoms with Crippen molar-refractivity contribution in [2.45, 2.75) is 44.9 Å². The van der Waals surface area contributed by atoms with Gasteiger partial charge in [-0.05, 0) is 12.8 Å². The van der Waals surface area contributed by atoms with Crippen LogP contribution in [0.1, 0.15) is 44.9 Å². The lowest BCUT2D eigenvalue weighted by Crippen LogP contribution is -1.97. The van der Waals surface area contributed by atoms with E-state index >= 15 is 0 Å². The van der Waals surface area contributed by atoms with Crippen molar-refractivity contribution in [3.8, 4) is 0 Å². The summed E-state index contributed by atoms with van der Waals surface area (Å²) >= 11 is 0. The fraction of sp³-hybridized carbons (Fsp3) is 1.00. The summed E-state index contributed by atoms with van der Waals surface area (Å²) in [5.74, 6) is 0. The predicted octanol–water partition coefficient (Wildman–Crippen LogP) is 2.68. The molecule has 0 radical (unpaired) electrons. The van der Waals surface area contributed by atoms with Gasteiger partial charge in [0.2, 0.25) is 0 Å². The third-order valence-electron chi connectivity index (χ3n) is 2.04. The highest BCUT2D eigenvalue weighted by Gasteiger charge is 1.96. The van der Waals surface area contributed by atoms with E-state index < -0.39 is 0 Å². The predicted molar refractivity (Wildman–Crippen MR) is 44.2 cm³/mol. The fourth-order valence-electron chi connectivity index (χ4n) is 1.32. The van der Waals surface area contributed by atoms with Gasteiger partial charge in [-0.15, -0.1) is 0 Å². The van der Waals surface area contributed by atoms with E-state index in [1.807, 2.05) is 0 Å². The van der Waals surface area contributed by atoms with Gasteiger partial charge >= 0.3 is 0 Å². The second-order valence-electron chi connectivity index (χ2n) is 3.12. The SMILES string of the molecule is C1CCCCOOCCCC1. The summed E-state index contributed by atoms with van der Waals surface area (Å²) in [6, 6.07) is 0. The van der Waals surface area contributed by atoms with E-state index in [0.717, 1.165) is 26.1 Å². The summed E-state index contributed by atoms with van der Waals surface area (Å²) in [6.07, 6.45) is 9.01. The van der Waals surface area contributed by atoms with Gasteiger partial charge < -0.3 is 0 Å². The molecule has 0 aromatic carbocycles. The highest BCUT2D eigenvalue weighted by Crippen LogP contribution is 2.08. The summed E-state index contributed by atoms with van der Waals surface area (Å²) in [6.45, 7) is 1.56. The van der Waals surface area contributed by atoms with E-state index in [0.29, 0.717) is 0 Å². The second kappa shape index (κ2) is 6.62. The van der Waals surface area contributed by atoms with Crippen LogP contribution >= 0.6 is 0 Å². The molecule has 1 aliphatic heterocycles. The third kappa shape index (κ3) is 5.22. The normalized spacial score (nSPS) is 24.0. The Morgan fingerprint density at radius 1 is 0.455 bits per heavy atom. The molecule has 2 heteroatoms. The van der Waals surface area contributed by atoms with Gasteiger partial charge in [0.1, 0.15) is 0 Å². The average Bonchev–Trinajstić information content (AvgIpc) is 2.08. The van der Waals surface area contributed by atoms with Gasteiger partial charge in [-0.25, -0.2) is 9.78 Å². The first-order valence-electron chi connectivity index (χ1n) is 4.74. The maximum absolute atomic E-state index is 4.97. The van der Waals surface area contributed by atoms with Crippen molar-refractivity contribution < 1.29 is 9.78 Å². The van der Waals surface area contributed by atoms with Crippen molar-refractivity contribution in [2.75, 3.05) is 13.2 Å². The molecule has 11 heavy (non-hydrogen) atoms. The van der Waals surface area contributed by atoms with Gasteiger partial charge in [0.25, 0.3) is 0 Å². The van der Waals surface area contributed by atoms with E-state index in [9.17, 15) is 0 Å². The van der Waals surface area contributed by atoms with Crippen LogP contribution in [-0.4, -0.2) is 13.2 Å².